The van der Waals surface area contributed by atoms with E-state index < -0.39 is 5.97 Å². The van der Waals surface area contributed by atoms with Crippen LogP contribution in [0.25, 0.3) is 21.3 Å². The van der Waals surface area contributed by atoms with Gasteiger partial charge in [0.25, 0.3) is 5.56 Å². The minimum Gasteiger partial charge on any atom is -0.496 e. The Hall–Kier alpha value is -2.67. The van der Waals surface area contributed by atoms with Gasteiger partial charge < -0.3 is 9.84 Å². The molecule has 136 valence electrons. The molecule has 3 aromatic rings. The quantitative estimate of drug-likeness (QED) is 0.715. The second-order valence-corrected chi connectivity index (χ2v) is 7.00. The largest absolute Gasteiger partial charge is 0.496 e. The molecule has 0 atom stereocenters. The maximum Gasteiger partial charge on any atom is 0.303 e. The predicted octanol–water partition coefficient (Wildman–Crippen LogP) is 3.62. The predicted molar refractivity (Wildman–Crippen MR) is 102 cm³/mol. The first-order chi connectivity index (χ1) is 12.4. The number of benzene rings is 1. The van der Waals surface area contributed by atoms with Gasteiger partial charge in [0.1, 0.15) is 16.4 Å². The third-order valence-electron chi connectivity index (χ3n) is 4.30. The third-order valence-corrected chi connectivity index (χ3v) is 5.17. The van der Waals surface area contributed by atoms with Gasteiger partial charge in [-0.2, -0.15) is 0 Å². The van der Waals surface area contributed by atoms with E-state index in [-0.39, 0.29) is 12.0 Å². The lowest BCUT2D eigenvalue weighted by atomic mass is 10.0. The fourth-order valence-electron chi connectivity index (χ4n) is 3.01. The van der Waals surface area contributed by atoms with Gasteiger partial charge in [0.15, 0.2) is 0 Å². The molecule has 26 heavy (non-hydrogen) atoms. The summed E-state index contributed by atoms with van der Waals surface area (Å²) in [5.74, 6) is 0.427. The summed E-state index contributed by atoms with van der Waals surface area (Å²) in [7, 11) is 1.61. The molecular formula is C19H20N2O4S. The van der Waals surface area contributed by atoms with E-state index in [9.17, 15) is 9.59 Å². The van der Waals surface area contributed by atoms with Gasteiger partial charge in [-0.05, 0) is 32.4 Å². The second-order valence-electron chi connectivity index (χ2n) is 6.15. The molecule has 0 bridgehead atoms. The summed E-state index contributed by atoms with van der Waals surface area (Å²) in [6, 6.07) is 5.85. The zero-order chi connectivity index (χ0) is 18.8. The number of aromatic nitrogens is 2. The van der Waals surface area contributed by atoms with Crippen molar-refractivity contribution in [2.75, 3.05) is 7.11 Å². The molecule has 7 heteroatoms. The Balaban J connectivity index is 2.16. The first-order valence-corrected chi connectivity index (χ1v) is 9.15. The van der Waals surface area contributed by atoms with Gasteiger partial charge in [0, 0.05) is 29.5 Å². The van der Waals surface area contributed by atoms with Crippen LogP contribution in [0.4, 0.5) is 0 Å². The van der Waals surface area contributed by atoms with Crippen LogP contribution in [-0.2, 0) is 11.3 Å². The van der Waals surface area contributed by atoms with Gasteiger partial charge in [0.2, 0.25) is 0 Å². The van der Waals surface area contributed by atoms with Crippen LogP contribution >= 0.6 is 11.3 Å². The third kappa shape index (κ3) is 3.35. The average Bonchev–Trinajstić information content (AvgIpc) is 3.01. The van der Waals surface area contributed by atoms with Gasteiger partial charge in [-0.25, -0.2) is 4.98 Å². The highest BCUT2D eigenvalue weighted by molar-refractivity contribution is 7.17. The number of nitrogens with zero attached hydrogens (tertiary/aromatic N) is 2. The van der Waals surface area contributed by atoms with E-state index in [0.717, 1.165) is 16.7 Å². The number of hydrogen-bond donors (Lipinski definition) is 1. The van der Waals surface area contributed by atoms with Crippen LogP contribution in [-0.4, -0.2) is 27.7 Å². The van der Waals surface area contributed by atoms with Crippen molar-refractivity contribution in [2.45, 2.75) is 33.2 Å². The minimum atomic E-state index is -0.870. The summed E-state index contributed by atoms with van der Waals surface area (Å²) in [5, 5.41) is 11.3. The molecule has 0 unspecified atom stereocenters. The van der Waals surface area contributed by atoms with Crippen LogP contribution in [0.1, 0.15) is 24.2 Å². The molecule has 0 fully saturated rings. The number of methoxy groups -OCH3 is 1. The fraction of sp³-hybridized carbons (Fsp3) is 0.316. The van der Waals surface area contributed by atoms with Crippen molar-refractivity contribution < 1.29 is 14.6 Å². The molecular weight excluding hydrogens is 352 g/mol. The van der Waals surface area contributed by atoms with Gasteiger partial charge in [-0.3, -0.25) is 14.2 Å². The molecule has 0 radical (unpaired) electrons. The monoisotopic (exact) mass is 372 g/mol. The summed E-state index contributed by atoms with van der Waals surface area (Å²) in [6.07, 6.45) is 0.405. The maximum absolute atomic E-state index is 13.1. The second kappa shape index (κ2) is 7.29. The number of ether oxygens (including phenoxy) is 1. The van der Waals surface area contributed by atoms with E-state index in [1.165, 1.54) is 11.3 Å². The Bertz CT molecular complexity index is 1040. The van der Waals surface area contributed by atoms with E-state index in [2.05, 4.69) is 4.98 Å². The molecule has 1 aromatic carbocycles. The number of aliphatic carboxylic acids is 1. The first kappa shape index (κ1) is 18.1. The number of aryl methyl sites for hydroxylation is 2. The molecule has 3 rings (SSSR count). The number of carboxylic acid groups (broad SMARTS) is 1. The van der Waals surface area contributed by atoms with Crippen molar-refractivity contribution in [3.8, 4) is 16.9 Å². The summed E-state index contributed by atoms with van der Waals surface area (Å²) < 4.78 is 7.03. The molecule has 2 heterocycles. The van der Waals surface area contributed by atoms with Crippen LogP contribution in [0.2, 0.25) is 0 Å². The van der Waals surface area contributed by atoms with Crippen LogP contribution in [0.5, 0.6) is 5.75 Å². The summed E-state index contributed by atoms with van der Waals surface area (Å²) in [4.78, 5) is 29.1. The molecule has 0 aliphatic carbocycles. The Labute approximate surface area is 154 Å². The number of fused-ring (bicyclic) bond motifs is 1. The van der Waals surface area contributed by atoms with E-state index in [1.54, 1.807) is 18.6 Å². The molecule has 0 amide bonds. The Morgan fingerprint density at radius 3 is 2.77 bits per heavy atom. The van der Waals surface area contributed by atoms with E-state index in [0.29, 0.717) is 34.8 Å². The molecule has 2 aromatic heterocycles. The summed E-state index contributed by atoms with van der Waals surface area (Å²) in [6.45, 7) is 4.10. The van der Waals surface area contributed by atoms with Crippen molar-refractivity contribution in [1.29, 1.82) is 0 Å². The number of rotatable bonds is 6. The van der Waals surface area contributed by atoms with Crippen LogP contribution in [0.15, 0.2) is 28.4 Å². The summed E-state index contributed by atoms with van der Waals surface area (Å²) >= 11 is 1.43. The zero-order valence-electron chi connectivity index (χ0n) is 14.9. The Morgan fingerprint density at radius 2 is 2.08 bits per heavy atom. The van der Waals surface area contributed by atoms with Gasteiger partial charge in [-0.1, -0.05) is 11.6 Å². The Morgan fingerprint density at radius 1 is 1.31 bits per heavy atom. The number of carbonyl (C=O) groups is 1. The van der Waals surface area contributed by atoms with Crippen LogP contribution < -0.4 is 10.3 Å². The standard InChI is InChI=1S/C19H20N2O4S/c1-11-6-7-15(25-3)13(9-11)14-10-26-18-17(14)19(24)21(12(2)20-18)8-4-5-16(22)23/h6-7,9-10H,4-5,8H2,1-3H3,(H,22,23). The lowest BCUT2D eigenvalue weighted by molar-refractivity contribution is -0.137. The smallest absolute Gasteiger partial charge is 0.303 e. The molecule has 0 spiro atoms. The number of carboxylic acids is 1. The highest BCUT2D eigenvalue weighted by atomic mass is 32.1. The minimum absolute atomic E-state index is 0.0200. The van der Waals surface area contributed by atoms with Crippen molar-refractivity contribution in [3.63, 3.8) is 0 Å². The molecule has 0 saturated carbocycles. The van der Waals surface area contributed by atoms with Crippen molar-refractivity contribution in [2.24, 2.45) is 0 Å². The molecule has 0 aliphatic rings. The lowest BCUT2D eigenvalue weighted by Crippen LogP contribution is -2.24. The van der Waals surface area contributed by atoms with Crippen LogP contribution in [0.3, 0.4) is 0 Å². The van der Waals surface area contributed by atoms with E-state index in [1.807, 2.05) is 30.5 Å². The van der Waals surface area contributed by atoms with Crippen molar-refractivity contribution >= 4 is 27.5 Å². The molecule has 0 aliphatic heterocycles. The molecule has 0 saturated heterocycles. The lowest BCUT2D eigenvalue weighted by Gasteiger charge is -2.11. The zero-order valence-corrected chi connectivity index (χ0v) is 15.7. The van der Waals surface area contributed by atoms with Crippen LogP contribution in [0, 0.1) is 13.8 Å². The van der Waals surface area contributed by atoms with Gasteiger partial charge in [0.05, 0.1) is 12.5 Å². The SMILES string of the molecule is COc1ccc(C)cc1-c1csc2nc(C)n(CCCC(=O)O)c(=O)c12. The molecule has 1 N–H and O–H groups in total. The van der Waals surface area contributed by atoms with Gasteiger partial charge >= 0.3 is 5.97 Å². The van der Waals surface area contributed by atoms with E-state index >= 15 is 0 Å². The highest BCUT2D eigenvalue weighted by Crippen LogP contribution is 2.37. The number of hydrogen-bond acceptors (Lipinski definition) is 5. The first-order valence-electron chi connectivity index (χ1n) is 8.27. The highest BCUT2D eigenvalue weighted by Gasteiger charge is 2.18. The fourth-order valence-corrected chi connectivity index (χ4v) is 3.98. The summed E-state index contributed by atoms with van der Waals surface area (Å²) in [5.41, 5.74) is 2.59. The van der Waals surface area contributed by atoms with Crippen molar-refractivity contribution in [3.05, 3.63) is 45.3 Å². The van der Waals surface area contributed by atoms with E-state index in [4.69, 9.17) is 9.84 Å². The Kier molecular flexibility index (Phi) is 5.08. The van der Waals surface area contributed by atoms with Crippen molar-refractivity contribution in [1.82, 2.24) is 9.55 Å². The normalized spacial score (nSPS) is 11.0. The average molecular weight is 372 g/mol. The topological polar surface area (TPSA) is 81.4 Å². The maximum atomic E-state index is 13.1. The number of thiophene rings is 1. The van der Waals surface area contributed by atoms with Gasteiger partial charge in [-0.15, -0.1) is 11.3 Å². The molecule has 6 nitrogen and oxygen atoms in total.